The molecule has 0 spiro atoms. The molecule has 0 aliphatic rings. The first kappa shape index (κ1) is 16.9. The third kappa shape index (κ3) is 3.55. The predicted octanol–water partition coefficient (Wildman–Crippen LogP) is 4.69. The standard InChI is InChI=1S/C23H21N3O/c24-22-19-12-11-17(16-7-3-1-4-8-16)15-21(19)26-20(23(22)25)13-14-27-18-9-5-2-6-10-18/h1-12,15H,13-14,25H2,(H2,24,26). The van der Waals surface area contributed by atoms with Gasteiger partial charge in [0.1, 0.15) is 5.75 Å². The Balaban J connectivity index is 1.63. The highest BCUT2D eigenvalue weighted by molar-refractivity contribution is 5.98. The topological polar surface area (TPSA) is 74.2 Å². The number of hydrogen-bond acceptors (Lipinski definition) is 4. The number of ether oxygens (including phenoxy) is 1. The van der Waals surface area contributed by atoms with Crippen LogP contribution < -0.4 is 16.2 Å². The van der Waals surface area contributed by atoms with Crippen LogP contribution in [0, 0.1) is 0 Å². The number of aromatic nitrogens is 1. The molecule has 0 unspecified atom stereocenters. The van der Waals surface area contributed by atoms with E-state index >= 15 is 0 Å². The van der Waals surface area contributed by atoms with Crippen LogP contribution in [-0.2, 0) is 6.42 Å². The van der Waals surface area contributed by atoms with Gasteiger partial charge in [-0.15, -0.1) is 0 Å². The van der Waals surface area contributed by atoms with Crippen molar-refractivity contribution in [2.75, 3.05) is 18.1 Å². The molecular weight excluding hydrogens is 334 g/mol. The minimum absolute atomic E-state index is 0.491. The van der Waals surface area contributed by atoms with Crippen molar-refractivity contribution in [1.82, 2.24) is 4.98 Å². The van der Waals surface area contributed by atoms with E-state index in [9.17, 15) is 0 Å². The highest BCUT2D eigenvalue weighted by Gasteiger charge is 2.11. The molecule has 134 valence electrons. The maximum atomic E-state index is 6.28. The van der Waals surface area contributed by atoms with Crippen LogP contribution in [0.1, 0.15) is 5.69 Å². The van der Waals surface area contributed by atoms with Gasteiger partial charge in [0.25, 0.3) is 0 Å². The van der Waals surface area contributed by atoms with Crippen LogP contribution >= 0.6 is 0 Å². The van der Waals surface area contributed by atoms with Crippen molar-refractivity contribution in [3.63, 3.8) is 0 Å². The van der Waals surface area contributed by atoms with Gasteiger partial charge in [0.2, 0.25) is 0 Å². The Morgan fingerprint density at radius 2 is 1.44 bits per heavy atom. The number of nitrogens with zero attached hydrogens (tertiary/aromatic N) is 1. The van der Waals surface area contributed by atoms with Crippen LogP contribution in [-0.4, -0.2) is 11.6 Å². The van der Waals surface area contributed by atoms with Crippen LogP contribution in [0.3, 0.4) is 0 Å². The van der Waals surface area contributed by atoms with Crippen LogP contribution in [0.15, 0.2) is 78.9 Å². The van der Waals surface area contributed by atoms with Crippen LogP contribution in [0.5, 0.6) is 5.75 Å². The molecule has 27 heavy (non-hydrogen) atoms. The van der Waals surface area contributed by atoms with Crippen LogP contribution in [0.2, 0.25) is 0 Å². The van der Waals surface area contributed by atoms with Gasteiger partial charge in [0.05, 0.1) is 29.2 Å². The fourth-order valence-electron chi connectivity index (χ4n) is 3.14. The molecule has 4 nitrogen and oxygen atoms in total. The summed E-state index contributed by atoms with van der Waals surface area (Å²) >= 11 is 0. The zero-order valence-corrected chi connectivity index (χ0v) is 14.9. The second-order valence-electron chi connectivity index (χ2n) is 6.40. The molecule has 4 aromatic rings. The lowest BCUT2D eigenvalue weighted by atomic mass is 10.0. The van der Waals surface area contributed by atoms with Crippen LogP contribution in [0.4, 0.5) is 11.4 Å². The second-order valence-corrected chi connectivity index (χ2v) is 6.40. The molecule has 0 radical (unpaired) electrons. The Morgan fingerprint density at radius 3 is 2.19 bits per heavy atom. The zero-order valence-electron chi connectivity index (χ0n) is 14.9. The normalized spacial score (nSPS) is 10.8. The van der Waals surface area contributed by atoms with Crippen molar-refractivity contribution in [3.8, 4) is 16.9 Å². The molecule has 4 rings (SSSR count). The number of fused-ring (bicyclic) bond motifs is 1. The van der Waals surface area contributed by atoms with Crippen molar-refractivity contribution in [1.29, 1.82) is 0 Å². The largest absolute Gasteiger partial charge is 0.493 e. The number of pyridine rings is 1. The summed E-state index contributed by atoms with van der Waals surface area (Å²) in [6.45, 7) is 0.491. The lowest BCUT2D eigenvalue weighted by Crippen LogP contribution is -2.08. The number of rotatable bonds is 5. The van der Waals surface area contributed by atoms with Crippen LogP contribution in [0.25, 0.3) is 22.0 Å². The molecule has 0 saturated carbocycles. The van der Waals surface area contributed by atoms with E-state index in [2.05, 4.69) is 18.2 Å². The first-order valence-corrected chi connectivity index (χ1v) is 8.93. The number of hydrogen-bond donors (Lipinski definition) is 2. The van der Waals surface area contributed by atoms with E-state index in [1.807, 2.05) is 60.7 Å². The van der Waals surface area contributed by atoms with E-state index in [1.54, 1.807) is 0 Å². The number of para-hydroxylation sites is 1. The highest BCUT2D eigenvalue weighted by Crippen LogP contribution is 2.31. The van der Waals surface area contributed by atoms with Gasteiger partial charge < -0.3 is 16.2 Å². The van der Waals surface area contributed by atoms with Crippen molar-refractivity contribution in [3.05, 3.63) is 84.6 Å². The molecule has 1 aromatic heterocycles. The molecule has 0 bridgehead atoms. The molecular formula is C23H21N3O. The molecule has 4 N–H and O–H groups in total. The lowest BCUT2D eigenvalue weighted by Gasteiger charge is -2.13. The molecule has 0 fully saturated rings. The van der Waals surface area contributed by atoms with Gasteiger partial charge in [-0.1, -0.05) is 60.7 Å². The number of benzene rings is 3. The van der Waals surface area contributed by atoms with E-state index in [1.165, 1.54) is 0 Å². The summed E-state index contributed by atoms with van der Waals surface area (Å²) in [5.41, 5.74) is 17.5. The molecule has 0 aliphatic heterocycles. The number of anilines is 2. The number of nitrogen functional groups attached to an aromatic ring is 2. The van der Waals surface area contributed by atoms with Gasteiger partial charge in [-0.3, -0.25) is 4.98 Å². The Labute approximate surface area is 158 Å². The zero-order chi connectivity index (χ0) is 18.6. The van der Waals surface area contributed by atoms with E-state index < -0.39 is 0 Å². The van der Waals surface area contributed by atoms with Gasteiger partial charge in [-0.2, -0.15) is 0 Å². The SMILES string of the molecule is Nc1c(CCOc2ccccc2)nc2cc(-c3ccccc3)ccc2c1N. The molecule has 0 amide bonds. The fraction of sp³-hybridized carbons (Fsp3) is 0.0870. The summed E-state index contributed by atoms with van der Waals surface area (Å²) in [7, 11) is 0. The average Bonchev–Trinajstić information content (AvgIpc) is 2.72. The Bertz CT molecular complexity index is 1060. The van der Waals surface area contributed by atoms with Crippen molar-refractivity contribution < 1.29 is 4.74 Å². The van der Waals surface area contributed by atoms with E-state index in [0.29, 0.717) is 24.4 Å². The minimum Gasteiger partial charge on any atom is -0.493 e. The summed E-state index contributed by atoms with van der Waals surface area (Å²) in [6, 6.07) is 26.0. The Morgan fingerprint density at radius 1 is 0.741 bits per heavy atom. The summed E-state index contributed by atoms with van der Waals surface area (Å²) in [5, 5.41) is 0.875. The smallest absolute Gasteiger partial charge is 0.119 e. The van der Waals surface area contributed by atoms with Crippen molar-refractivity contribution >= 4 is 22.3 Å². The first-order valence-electron chi connectivity index (χ1n) is 8.93. The van der Waals surface area contributed by atoms with Gasteiger partial charge in [0, 0.05) is 11.8 Å². The highest BCUT2D eigenvalue weighted by atomic mass is 16.5. The number of nitrogens with two attached hydrogens (primary N) is 2. The maximum Gasteiger partial charge on any atom is 0.119 e. The monoisotopic (exact) mass is 355 g/mol. The predicted molar refractivity (Wildman–Crippen MR) is 112 cm³/mol. The third-order valence-corrected chi connectivity index (χ3v) is 4.60. The van der Waals surface area contributed by atoms with Gasteiger partial charge in [-0.25, -0.2) is 0 Å². The van der Waals surface area contributed by atoms with Crippen molar-refractivity contribution in [2.45, 2.75) is 6.42 Å². The minimum atomic E-state index is 0.491. The lowest BCUT2D eigenvalue weighted by molar-refractivity contribution is 0.321. The van der Waals surface area contributed by atoms with E-state index in [-0.39, 0.29) is 0 Å². The summed E-state index contributed by atoms with van der Waals surface area (Å²) in [6.07, 6.45) is 0.594. The Hall–Kier alpha value is -3.53. The summed E-state index contributed by atoms with van der Waals surface area (Å²) in [5.74, 6) is 0.830. The van der Waals surface area contributed by atoms with E-state index in [0.717, 1.165) is 33.5 Å². The van der Waals surface area contributed by atoms with Gasteiger partial charge in [0.15, 0.2) is 0 Å². The third-order valence-electron chi connectivity index (χ3n) is 4.60. The van der Waals surface area contributed by atoms with Crippen molar-refractivity contribution in [2.24, 2.45) is 0 Å². The average molecular weight is 355 g/mol. The Kier molecular flexibility index (Phi) is 4.62. The molecule has 1 heterocycles. The molecule has 0 atom stereocenters. The fourth-order valence-corrected chi connectivity index (χ4v) is 3.14. The maximum absolute atomic E-state index is 6.28. The molecule has 0 aliphatic carbocycles. The summed E-state index contributed by atoms with van der Waals surface area (Å²) in [4.78, 5) is 4.77. The quantitative estimate of drug-likeness (QED) is 0.545. The summed E-state index contributed by atoms with van der Waals surface area (Å²) < 4.78 is 5.77. The second kappa shape index (κ2) is 7.38. The van der Waals surface area contributed by atoms with Gasteiger partial charge in [-0.05, 0) is 29.3 Å². The van der Waals surface area contributed by atoms with Gasteiger partial charge >= 0.3 is 0 Å². The molecule has 0 saturated heterocycles. The first-order chi connectivity index (χ1) is 13.2. The van der Waals surface area contributed by atoms with E-state index in [4.69, 9.17) is 21.2 Å². The molecule has 3 aromatic carbocycles. The molecule has 4 heteroatoms.